The average molecular weight is 357 g/mol. The van der Waals surface area contributed by atoms with Crippen LogP contribution in [0.2, 0.25) is 0 Å². The highest BCUT2D eigenvalue weighted by Gasteiger charge is 2.41. The minimum Gasteiger partial charge on any atom is -0.481 e. The van der Waals surface area contributed by atoms with Gasteiger partial charge in [-0.05, 0) is 30.7 Å². The number of carboxylic acids is 1. The number of amides is 1. The van der Waals surface area contributed by atoms with Gasteiger partial charge in [0.1, 0.15) is 6.54 Å². The van der Waals surface area contributed by atoms with Crippen molar-refractivity contribution in [2.24, 2.45) is 5.92 Å². The molecule has 0 bridgehead atoms. The molecule has 136 valence electrons. The molecule has 2 aliphatic rings. The smallest absolute Gasteiger partial charge is 0.308 e. The molecule has 8 nitrogen and oxygen atoms in total. The molecule has 3 heterocycles. The molecular formula is C18H19N3O5. The van der Waals surface area contributed by atoms with Gasteiger partial charge < -0.3 is 19.5 Å². The van der Waals surface area contributed by atoms with E-state index in [0.717, 1.165) is 11.3 Å². The molecule has 0 spiro atoms. The van der Waals surface area contributed by atoms with Crippen molar-refractivity contribution in [2.75, 3.05) is 19.9 Å². The van der Waals surface area contributed by atoms with Gasteiger partial charge in [-0.25, -0.2) is 0 Å². The van der Waals surface area contributed by atoms with Crippen molar-refractivity contribution in [2.45, 2.75) is 19.4 Å². The number of ether oxygens (including phenoxy) is 2. The van der Waals surface area contributed by atoms with Gasteiger partial charge in [-0.1, -0.05) is 6.07 Å². The molecule has 0 saturated carbocycles. The van der Waals surface area contributed by atoms with Crippen molar-refractivity contribution in [1.29, 1.82) is 0 Å². The lowest BCUT2D eigenvalue weighted by atomic mass is 9.89. The van der Waals surface area contributed by atoms with Crippen LogP contribution in [-0.4, -0.2) is 51.5 Å². The zero-order chi connectivity index (χ0) is 18.3. The molecule has 0 unspecified atom stereocenters. The Kier molecular flexibility index (Phi) is 4.02. The minimum absolute atomic E-state index is 0.110. The normalized spacial score (nSPS) is 21.2. The fourth-order valence-corrected chi connectivity index (χ4v) is 3.53. The largest absolute Gasteiger partial charge is 0.481 e. The molecule has 26 heavy (non-hydrogen) atoms. The summed E-state index contributed by atoms with van der Waals surface area (Å²) in [5.41, 5.74) is 1.73. The molecule has 0 radical (unpaired) electrons. The Hall–Kier alpha value is -3.03. The molecule has 2 aliphatic heterocycles. The number of aryl methyl sites for hydroxylation is 1. The monoisotopic (exact) mass is 357 g/mol. The Bertz CT molecular complexity index is 862. The van der Waals surface area contributed by atoms with E-state index in [1.165, 1.54) is 0 Å². The van der Waals surface area contributed by atoms with E-state index in [2.05, 4.69) is 5.10 Å². The second-order valence-electron chi connectivity index (χ2n) is 6.59. The first kappa shape index (κ1) is 16.4. The Morgan fingerprint density at radius 1 is 1.23 bits per heavy atom. The Balaban J connectivity index is 1.54. The highest BCUT2D eigenvalue weighted by atomic mass is 16.7. The fraction of sp³-hybridized carbons (Fsp3) is 0.389. The van der Waals surface area contributed by atoms with E-state index in [1.54, 1.807) is 21.8 Å². The van der Waals surface area contributed by atoms with Crippen LogP contribution in [0.5, 0.6) is 11.5 Å². The first-order chi connectivity index (χ1) is 12.5. The van der Waals surface area contributed by atoms with Gasteiger partial charge in [0.2, 0.25) is 12.7 Å². The van der Waals surface area contributed by atoms with Crippen LogP contribution in [0.4, 0.5) is 0 Å². The lowest BCUT2D eigenvalue weighted by Crippen LogP contribution is -2.33. The molecule has 1 fully saturated rings. The summed E-state index contributed by atoms with van der Waals surface area (Å²) in [5.74, 6) is -0.712. The van der Waals surface area contributed by atoms with E-state index in [9.17, 15) is 14.7 Å². The predicted octanol–water partition coefficient (Wildman–Crippen LogP) is 1.25. The van der Waals surface area contributed by atoms with E-state index >= 15 is 0 Å². The van der Waals surface area contributed by atoms with Crippen LogP contribution in [0.1, 0.15) is 17.2 Å². The molecule has 4 rings (SSSR count). The molecule has 1 aromatic heterocycles. The zero-order valence-corrected chi connectivity index (χ0v) is 14.3. The number of benzene rings is 1. The van der Waals surface area contributed by atoms with Crippen molar-refractivity contribution in [3.05, 3.63) is 41.7 Å². The van der Waals surface area contributed by atoms with Crippen LogP contribution < -0.4 is 9.47 Å². The molecule has 1 amide bonds. The summed E-state index contributed by atoms with van der Waals surface area (Å²) < 4.78 is 12.3. The van der Waals surface area contributed by atoms with Crippen LogP contribution in [0.25, 0.3) is 0 Å². The van der Waals surface area contributed by atoms with Crippen molar-refractivity contribution >= 4 is 11.9 Å². The van der Waals surface area contributed by atoms with Crippen molar-refractivity contribution in [1.82, 2.24) is 14.7 Å². The van der Waals surface area contributed by atoms with E-state index in [4.69, 9.17) is 9.47 Å². The van der Waals surface area contributed by atoms with E-state index in [0.29, 0.717) is 18.0 Å². The van der Waals surface area contributed by atoms with Gasteiger partial charge in [-0.2, -0.15) is 5.10 Å². The maximum atomic E-state index is 12.6. The summed E-state index contributed by atoms with van der Waals surface area (Å²) in [6.45, 7) is 2.70. The van der Waals surface area contributed by atoms with Gasteiger partial charge >= 0.3 is 5.97 Å². The Morgan fingerprint density at radius 3 is 2.77 bits per heavy atom. The summed E-state index contributed by atoms with van der Waals surface area (Å²) in [6, 6.07) is 7.27. The van der Waals surface area contributed by atoms with Crippen molar-refractivity contribution < 1.29 is 24.2 Å². The quantitative estimate of drug-likeness (QED) is 0.885. The molecule has 2 aromatic rings. The summed E-state index contributed by atoms with van der Waals surface area (Å²) >= 11 is 0. The molecule has 0 aliphatic carbocycles. The van der Waals surface area contributed by atoms with Gasteiger partial charge in [0, 0.05) is 30.9 Å². The molecule has 1 aromatic carbocycles. The number of rotatable bonds is 4. The lowest BCUT2D eigenvalue weighted by Gasteiger charge is -2.17. The summed E-state index contributed by atoms with van der Waals surface area (Å²) in [4.78, 5) is 26.0. The first-order valence-electron chi connectivity index (χ1n) is 8.41. The van der Waals surface area contributed by atoms with Gasteiger partial charge in [0.05, 0.1) is 5.92 Å². The molecule has 1 saturated heterocycles. The van der Waals surface area contributed by atoms with Gasteiger partial charge in [0.25, 0.3) is 0 Å². The van der Waals surface area contributed by atoms with Crippen LogP contribution in [-0.2, 0) is 16.1 Å². The van der Waals surface area contributed by atoms with E-state index in [1.807, 2.05) is 25.1 Å². The highest BCUT2D eigenvalue weighted by Crippen LogP contribution is 2.39. The number of aromatic nitrogens is 2. The first-order valence-corrected chi connectivity index (χ1v) is 8.41. The molecule has 8 heteroatoms. The third kappa shape index (κ3) is 2.87. The number of carbonyl (C=O) groups is 2. The van der Waals surface area contributed by atoms with Gasteiger partial charge in [-0.3, -0.25) is 14.3 Å². The summed E-state index contributed by atoms with van der Waals surface area (Å²) in [6.07, 6.45) is 1.64. The van der Waals surface area contributed by atoms with Crippen LogP contribution >= 0.6 is 0 Å². The topological polar surface area (TPSA) is 93.9 Å². The number of carboxylic acid groups (broad SMARTS) is 1. The van der Waals surface area contributed by atoms with Crippen LogP contribution in [0.15, 0.2) is 30.5 Å². The Labute approximate surface area is 149 Å². The number of likely N-dealkylation sites (tertiary alicyclic amines) is 1. The fourth-order valence-electron chi connectivity index (χ4n) is 3.53. The zero-order valence-electron chi connectivity index (χ0n) is 14.3. The summed E-state index contributed by atoms with van der Waals surface area (Å²) in [7, 11) is 0. The third-order valence-electron chi connectivity index (χ3n) is 5.03. The van der Waals surface area contributed by atoms with Crippen molar-refractivity contribution in [3.8, 4) is 11.5 Å². The minimum atomic E-state index is -0.904. The van der Waals surface area contributed by atoms with Crippen LogP contribution in [0, 0.1) is 12.8 Å². The SMILES string of the molecule is Cc1ccnn1CC(=O)N1C[C@H](C(=O)O)[C@@H](c2ccc3c(c2)OCO3)C1. The number of hydrogen-bond acceptors (Lipinski definition) is 5. The Morgan fingerprint density at radius 2 is 2.04 bits per heavy atom. The molecule has 2 atom stereocenters. The standard InChI is InChI=1S/C18H19N3O5/c1-11-4-5-19-21(11)9-17(22)20-7-13(14(8-20)18(23)24)12-2-3-15-16(6-12)26-10-25-15/h2-6,13-14H,7-10H2,1H3,(H,23,24)/t13-,14+/m1/s1. The van der Waals surface area contributed by atoms with Gasteiger partial charge in [-0.15, -0.1) is 0 Å². The average Bonchev–Trinajstić information content (AvgIpc) is 3.33. The number of hydrogen-bond donors (Lipinski definition) is 1. The third-order valence-corrected chi connectivity index (χ3v) is 5.03. The number of aliphatic carboxylic acids is 1. The van der Waals surface area contributed by atoms with Crippen molar-refractivity contribution in [3.63, 3.8) is 0 Å². The predicted molar refractivity (Wildman–Crippen MR) is 90.0 cm³/mol. The molecule has 1 N–H and O–H groups in total. The number of fused-ring (bicyclic) bond motifs is 1. The second-order valence-corrected chi connectivity index (χ2v) is 6.59. The maximum Gasteiger partial charge on any atom is 0.308 e. The summed E-state index contributed by atoms with van der Waals surface area (Å²) in [5, 5.41) is 13.7. The second kappa shape index (κ2) is 6.36. The lowest BCUT2D eigenvalue weighted by molar-refractivity contribution is -0.141. The number of nitrogens with zero attached hydrogens (tertiary/aromatic N) is 3. The highest BCUT2D eigenvalue weighted by molar-refractivity contribution is 5.79. The van der Waals surface area contributed by atoms with Crippen LogP contribution in [0.3, 0.4) is 0 Å². The van der Waals surface area contributed by atoms with E-state index in [-0.39, 0.29) is 31.7 Å². The van der Waals surface area contributed by atoms with Gasteiger partial charge in [0.15, 0.2) is 11.5 Å². The molecular weight excluding hydrogens is 338 g/mol. The maximum absolute atomic E-state index is 12.6. The van der Waals surface area contributed by atoms with E-state index < -0.39 is 11.9 Å². The number of carbonyl (C=O) groups excluding carboxylic acids is 1.